The summed E-state index contributed by atoms with van der Waals surface area (Å²) in [5.41, 5.74) is 6.34. The summed E-state index contributed by atoms with van der Waals surface area (Å²) in [5, 5.41) is 24.4. The number of nitriles is 1. The molecule has 0 unspecified atom stereocenters. The van der Waals surface area contributed by atoms with Gasteiger partial charge >= 0.3 is 0 Å². The van der Waals surface area contributed by atoms with E-state index in [1.54, 1.807) is 31.5 Å². The van der Waals surface area contributed by atoms with Gasteiger partial charge < -0.3 is 9.47 Å². The van der Waals surface area contributed by atoms with Gasteiger partial charge in [0.1, 0.15) is 24.0 Å². The molecule has 0 saturated heterocycles. The second kappa shape index (κ2) is 11.2. The lowest BCUT2D eigenvalue weighted by molar-refractivity contribution is -0.384. The van der Waals surface area contributed by atoms with Crippen molar-refractivity contribution < 1.29 is 14.4 Å². The zero-order valence-electron chi connectivity index (χ0n) is 17.9. The number of pyridine rings is 1. The van der Waals surface area contributed by atoms with Gasteiger partial charge in [0.05, 0.1) is 22.2 Å². The predicted octanol–water partition coefficient (Wildman–Crippen LogP) is 5.10. The third-order valence-electron chi connectivity index (χ3n) is 4.52. The fourth-order valence-corrected chi connectivity index (χ4v) is 3.48. The first-order chi connectivity index (χ1) is 15.9. The van der Waals surface area contributed by atoms with Gasteiger partial charge in [-0.25, -0.2) is 4.98 Å². The lowest BCUT2D eigenvalue weighted by Crippen LogP contribution is -2.03. The number of rotatable bonds is 9. The molecule has 168 valence electrons. The van der Waals surface area contributed by atoms with Gasteiger partial charge in [0.25, 0.3) is 5.69 Å². The largest absolute Gasteiger partial charge is 0.488 e. The van der Waals surface area contributed by atoms with Crippen LogP contribution >= 0.6 is 15.9 Å². The van der Waals surface area contributed by atoms with E-state index in [1.165, 1.54) is 12.1 Å². The molecule has 33 heavy (non-hydrogen) atoms. The Kier molecular flexibility index (Phi) is 8.07. The van der Waals surface area contributed by atoms with Gasteiger partial charge in [0, 0.05) is 30.5 Å². The van der Waals surface area contributed by atoms with E-state index >= 15 is 0 Å². The number of aromatic nitrogens is 1. The van der Waals surface area contributed by atoms with Crippen LogP contribution in [0.2, 0.25) is 0 Å². The summed E-state index contributed by atoms with van der Waals surface area (Å²) in [6.45, 7) is 2.41. The number of benzene rings is 2. The minimum Gasteiger partial charge on any atom is -0.488 e. The van der Waals surface area contributed by atoms with Crippen LogP contribution in [0.4, 0.5) is 11.5 Å². The molecule has 1 heterocycles. The summed E-state index contributed by atoms with van der Waals surface area (Å²) in [5.74, 6) is 0.984. The van der Waals surface area contributed by atoms with E-state index in [0.29, 0.717) is 23.7 Å². The maximum absolute atomic E-state index is 10.7. The average Bonchev–Trinajstić information content (AvgIpc) is 2.79. The third kappa shape index (κ3) is 6.35. The Morgan fingerprint density at radius 1 is 1.24 bits per heavy atom. The smallest absolute Gasteiger partial charge is 0.269 e. The number of non-ortho nitro benzene ring substituents is 1. The Balaban J connectivity index is 1.66. The number of methoxy groups -OCH3 is 1. The first-order valence-corrected chi connectivity index (χ1v) is 10.5. The molecular formula is C23H20BrN5O4. The summed E-state index contributed by atoms with van der Waals surface area (Å²) in [7, 11) is 1.57. The van der Waals surface area contributed by atoms with Gasteiger partial charge in [-0.05, 0) is 70.4 Å². The molecule has 0 bridgehead atoms. The van der Waals surface area contributed by atoms with Crippen molar-refractivity contribution in [3.63, 3.8) is 0 Å². The van der Waals surface area contributed by atoms with Gasteiger partial charge in [-0.15, -0.1) is 0 Å². The zero-order valence-corrected chi connectivity index (χ0v) is 19.5. The maximum Gasteiger partial charge on any atom is 0.269 e. The van der Waals surface area contributed by atoms with Crippen LogP contribution in [0, 0.1) is 28.4 Å². The fraction of sp³-hybridized carbons (Fsp3) is 0.174. The second-order valence-electron chi connectivity index (χ2n) is 6.96. The highest BCUT2D eigenvalue weighted by Gasteiger charge is 2.11. The molecule has 0 saturated carbocycles. The first kappa shape index (κ1) is 23.8. The average molecular weight is 510 g/mol. The van der Waals surface area contributed by atoms with Gasteiger partial charge in [-0.1, -0.05) is 0 Å². The molecule has 1 N–H and O–H groups in total. The Morgan fingerprint density at radius 2 is 2.00 bits per heavy atom. The van der Waals surface area contributed by atoms with Crippen molar-refractivity contribution in [3.05, 3.63) is 91.1 Å². The normalized spacial score (nSPS) is 10.7. The van der Waals surface area contributed by atoms with Crippen molar-refractivity contribution in [1.82, 2.24) is 4.98 Å². The minimum absolute atomic E-state index is 0.0369. The van der Waals surface area contributed by atoms with Crippen molar-refractivity contribution >= 4 is 33.6 Å². The molecule has 0 spiro atoms. The lowest BCUT2D eigenvalue weighted by atomic mass is 10.1. The molecule has 1 aromatic heterocycles. The number of hydrogen-bond acceptors (Lipinski definition) is 8. The summed E-state index contributed by atoms with van der Waals surface area (Å²) >= 11 is 3.48. The van der Waals surface area contributed by atoms with Crippen molar-refractivity contribution in [3.8, 4) is 11.8 Å². The van der Waals surface area contributed by atoms with Gasteiger partial charge in [-0.2, -0.15) is 10.4 Å². The van der Waals surface area contributed by atoms with Crippen LogP contribution in [0.5, 0.6) is 5.75 Å². The summed E-state index contributed by atoms with van der Waals surface area (Å²) < 4.78 is 11.7. The number of nitrogens with one attached hydrogen (secondary N) is 1. The fourth-order valence-electron chi connectivity index (χ4n) is 2.97. The monoisotopic (exact) mass is 509 g/mol. The highest BCUT2D eigenvalue weighted by Crippen LogP contribution is 2.27. The van der Waals surface area contributed by atoms with Crippen LogP contribution in [0.1, 0.15) is 27.9 Å². The Hall–Kier alpha value is -3.81. The molecular weight excluding hydrogens is 490 g/mol. The standard InChI is InChI=1S/C23H20BrN5O4/c1-15-9-18(14-32-2)20(11-25)23(27-15)28-26-12-17-5-8-22(21(24)10-17)33-13-16-3-6-19(7-4-16)29(30)31/h3-10,12H,13-14H2,1-2H3,(H,27,28)/b26-12+. The molecule has 0 aliphatic carbocycles. The highest BCUT2D eigenvalue weighted by atomic mass is 79.9. The number of ether oxygens (including phenoxy) is 2. The van der Waals surface area contributed by atoms with Crippen LogP contribution < -0.4 is 10.2 Å². The summed E-state index contributed by atoms with van der Waals surface area (Å²) in [4.78, 5) is 14.7. The molecule has 10 heteroatoms. The van der Waals surface area contributed by atoms with Crippen molar-refractivity contribution in [1.29, 1.82) is 5.26 Å². The number of anilines is 1. The van der Waals surface area contributed by atoms with Crippen molar-refractivity contribution in [2.75, 3.05) is 12.5 Å². The molecule has 3 rings (SSSR count). The van der Waals surface area contributed by atoms with E-state index in [9.17, 15) is 15.4 Å². The minimum atomic E-state index is -0.439. The molecule has 0 fully saturated rings. The second-order valence-corrected chi connectivity index (χ2v) is 7.82. The SMILES string of the molecule is COCc1cc(C)nc(N/N=C/c2ccc(OCc3ccc([N+](=O)[O-])cc3)c(Br)c2)c1C#N. The summed E-state index contributed by atoms with van der Waals surface area (Å²) in [6.07, 6.45) is 1.60. The van der Waals surface area contributed by atoms with Gasteiger partial charge in [0.15, 0.2) is 5.82 Å². The predicted molar refractivity (Wildman–Crippen MR) is 127 cm³/mol. The number of nitro benzene ring substituents is 1. The van der Waals surface area contributed by atoms with Crippen LogP contribution in [-0.4, -0.2) is 23.2 Å². The van der Waals surface area contributed by atoms with Crippen LogP contribution in [0.15, 0.2) is 58.1 Å². The number of hydrogen-bond donors (Lipinski definition) is 1. The molecule has 0 radical (unpaired) electrons. The molecule has 2 aromatic carbocycles. The third-order valence-corrected chi connectivity index (χ3v) is 5.14. The number of nitro groups is 1. The van der Waals surface area contributed by atoms with Crippen molar-refractivity contribution in [2.45, 2.75) is 20.1 Å². The lowest BCUT2D eigenvalue weighted by Gasteiger charge is -2.10. The molecule has 0 aliphatic heterocycles. The number of halogens is 1. The number of nitrogens with zero attached hydrogens (tertiary/aromatic N) is 4. The van der Waals surface area contributed by atoms with Gasteiger partial charge in [-0.3, -0.25) is 15.5 Å². The maximum atomic E-state index is 10.7. The molecule has 0 aliphatic rings. The van der Waals surface area contributed by atoms with Gasteiger partial charge in [0.2, 0.25) is 0 Å². The summed E-state index contributed by atoms with van der Waals surface area (Å²) in [6, 6.07) is 15.6. The highest BCUT2D eigenvalue weighted by molar-refractivity contribution is 9.10. The van der Waals surface area contributed by atoms with E-state index in [2.05, 4.69) is 37.5 Å². The Bertz CT molecular complexity index is 1220. The quantitative estimate of drug-likeness (QED) is 0.241. The molecule has 9 nitrogen and oxygen atoms in total. The van der Waals surface area contributed by atoms with Crippen molar-refractivity contribution in [2.24, 2.45) is 5.10 Å². The van der Waals surface area contributed by atoms with Crippen LogP contribution in [0.3, 0.4) is 0 Å². The van der Waals surface area contributed by atoms with Crippen LogP contribution in [-0.2, 0) is 18.0 Å². The Morgan fingerprint density at radius 3 is 2.64 bits per heavy atom. The van der Waals surface area contributed by atoms with Crippen LogP contribution in [0.25, 0.3) is 0 Å². The zero-order chi connectivity index (χ0) is 23.8. The number of aryl methyl sites for hydroxylation is 1. The van der Waals surface area contributed by atoms with E-state index in [-0.39, 0.29) is 12.3 Å². The molecule has 3 aromatic rings. The first-order valence-electron chi connectivity index (χ1n) is 9.75. The number of hydrazone groups is 1. The van der Waals surface area contributed by atoms with E-state index in [1.807, 2.05) is 25.1 Å². The topological polar surface area (TPSA) is 123 Å². The molecule has 0 amide bonds. The van der Waals surface area contributed by atoms with E-state index in [0.717, 1.165) is 26.9 Å². The Labute approximate surface area is 199 Å². The van der Waals surface area contributed by atoms with E-state index in [4.69, 9.17) is 9.47 Å². The van der Waals surface area contributed by atoms with E-state index < -0.39 is 4.92 Å². The molecule has 0 atom stereocenters.